The number of sulfone groups is 1. The molecule has 1 aromatic rings. The lowest BCUT2D eigenvalue weighted by atomic mass is 10.1. The lowest BCUT2D eigenvalue weighted by molar-refractivity contribution is 0.0601. The van der Waals surface area contributed by atoms with Gasteiger partial charge in [-0.25, -0.2) is 23.2 Å². The highest BCUT2D eigenvalue weighted by atomic mass is 32.2. The third-order valence-electron chi connectivity index (χ3n) is 2.84. The number of nitrogens with two attached hydrogens (primary N) is 1. The highest BCUT2D eigenvalue weighted by Gasteiger charge is 2.31. The quantitative estimate of drug-likeness (QED) is 0.738. The SMILES string of the molecule is COC(=O)c1cnc(C2CCS(=O)(=O)C2)nc1N. The van der Waals surface area contributed by atoms with Crippen LogP contribution in [0.15, 0.2) is 6.20 Å². The van der Waals surface area contributed by atoms with E-state index in [2.05, 4.69) is 14.7 Å². The molecule has 1 aliphatic rings. The van der Waals surface area contributed by atoms with Crippen molar-refractivity contribution in [3.63, 3.8) is 0 Å². The zero-order valence-electron chi connectivity index (χ0n) is 9.79. The van der Waals surface area contributed by atoms with Gasteiger partial charge in [0.2, 0.25) is 0 Å². The first-order valence-corrected chi connectivity index (χ1v) is 7.16. The van der Waals surface area contributed by atoms with Gasteiger partial charge in [-0.3, -0.25) is 0 Å². The molecule has 2 N–H and O–H groups in total. The monoisotopic (exact) mass is 271 g/mol. The van der Waals surface area contributed by atoms with Gasteiger partial charge in [-0.2, -0.15) is 0 Å². The smallest absolute Gasteiger partial charge is 0.343 e. The molecule has 8 heteroatoms. The van der Waals surface area contributed by atoms with Crippen LogP contribution in [0.5, 0.6) is 0 Å². The van der Waals surface area contributed by atoms with Gasteiger partial charge < -0.3 is 10.5 Å². The van der Waals surface area contributed by atoms with E-state index >= 15 is 0 Å². The molecule has 1 aliphatic heterocycles. The fourth-order valence-electron chi connectivity index (χ4n) is 1.87. The summed E-state index contributed by atoms with van der Waals surface area (Å²) in [5, 5.41) is 0. The van der Waals surface area contributed by atoms with E-state index in [0.717, 1.165) is 0 Å². The van der Waals surface area contributed by atoms with Crippen molar-refractivity contribution in [2.45, 2.75) is 12.3 Å². The van der Waals surface area contributed by atoms with E-state index in [9.17, 15) is 13.2 Å². The van der Waals surface area contributed by atoms with Crippen molar-refractivity contribution in [1.82, 2.24) is 9.97 Å². The number of carbonyl (C=O) groups excluding carboxylic acids is 1. The van der Waals surface area contributed by atoms with Crippen molar-refractivity contribution >= 4 is 21.6 Å². The van der Waals surface area contributed by atoms with Crippen LogP contribution in [0, 0.1) is 0 Å². The van der Waals surface area contributed by atoms with Crippen LogP contribution in [0.25, 0.3) is 0 Å². The van der Waals surface area contributed by atoms with Crippen LogP contribution in [0.1, 0.15) is 28.5 Å². The molecule has 1 unspecified atom stereocenters. The summed E-state index contributed by atoms with van der Waals surface area (Å²) in [5.41, 5.74) is 5.72. The molecule has 0 amide bonds. The van der Waals surface area contributed by atoms with Gasteiger partial charge in [-0.1, -0.05) is 0 Å². The first kappa shape index (κ1) is 12.7. The van der Waals surface area contributed by atoms with Crippen molar-refractivity contribution in [2.75, 3.05) is 24.3 Å². The summed E-state index contributed by atoms with van der Waals surface area (Å²) in [6.07, 6.45) is 1.76. The second-order valence-corrected chi connectivity index (χ2v) is 6.35. The van der Waals surface area contributed by atoms with Crippen LogP contribution in [0.2, 0.25) is 0 Å². The minimum Gasteiger partial charge on any atom is -0.465 e. The number of hydrogen-bond donors (Lipinski definition) is 1. The molecule has 18 heavy (non-hydrogen) atoms. The van der Waals surface area contributed by atoms with Crippen molar-refractivity contribution in [2.24, 2.45) is 0 Å². The Morgan fingerprint density at radius 2 is 2.28 bits per heavy atom. The molecular formula is C10H13N3O4S. The van der Waals surface area contributed by atoms with Crippen LogP contribution in [0.3, 0.4) is 0 Å². The molecule has 7 nitrogen and oxygen atoms in total. The number of carbonyl (C=O) groups is 1. The molecule has 98 valence electrons. The predicted octanol–water partition coefficient (Wildman–Crippen LogP) is -0.253. The number of nitrogens with zero attached hydrogens (tertiary/aromatic N) is 2. The fourth-order valence-corrected chi connectivity index (χ4v) is 3.61. The van der Waals surface area contributed by atoms with Crippen molar-refractivity contribution in [1.29, 1.82) is 0 Å². The van der Waals surface area contributed by atoms with E-state index in [0.29, 0.717) is 12.2 Å². The van der Waals surface area contributed by atoms with Gasteiger partial charge in [0.25, 0.3) is 0 Å². The average Bonchev–Trinajstić information content (AvgIpc) is 2.68. The standard InChI is InChI=1S/C10H13N3O4S/c1-17-10(14)7-4-12-9(13-8(7)11)6-2-3-18(15,16)5-6/h4,6H,2-3,5H2,1H3,(H2,11,12,13). The van der Waals surface area contributed by atoms with Crippen LogP contribution in [-0.4, -0.2) is 43.0 Å². The van der Waals surface area contributed by atoms with Gasteiger partial charge >= 0.3 is 5.97 Å². The van der Waals surface area contributed by atoms with E-state index in [1.54, 1.807) is 0 Å². The van der Waals surface area contributed by atoms with Gasteiger partial charge in [0.1, 0.15) is 17.2 Å². The molecule has 0 aromatic carbocycles. The van der Waals surface area contributed by atoms with E-state index in [-0.39, 0.29) is 28.8 Å². The van der Waals surface area contributed by atoms with Crippen LogP contribution in [-0.2, 0) is 14.6 Å². The van der Waals surface area contributed by atoms with Crippen molar-refractivity contribution in [3.8, 4) is 0 Å². The lowest BCUT2D eigenvalue weighted by Gasteiger charge is -2.08. The maximum atomic E-state index is 11.4. The van der Waals surface area contributed by atoms with Crippen molar-refractivity contribution < 1.29 is 17.9 Å². The highest BCUT2D eigenvalue weighted by molar-refractivity contribution is 7.91. The number of nitrogen functional groups attached to an aromatic ring is 1. The van der Waals surface area contributed by atoms with Crippen LogP contribution >= 0.6 is 0 Å². The Kier molecular flexibility index (Phi) is 3.20. The second-order valence-electron chi connectivity index (χ2n) is 4.12. The topological polar surface area (TPSA) is 112 Å². The Morgan fingerprint density at radius 1 is 1.56 bits per heavy atom. The molecule has 0 bridgehead atoms. The maximum absolute atomic E-state index is 11.4. The molecule has 2 heterocycles. The zero-order valence-corrected chi connectivity index (χ0v) is 10.6. The van der Waals surface area contributed by atoms with E-state index in [4.69, 9.17) is 5.73 Å². The molecule has 1 fully saturated rings. The number of anilines is 1. The Labute approximate surface area is 104 Å². The Hall–Kier alpha value is -1.70. The minimum absolute atomic E-state index is 0.0103. The number of ether oxygens (including phenoxy) is 1. The number of aromatic nitrogens is 2. The molecule has 0 radical (unpaired) electrons. The van der Waals surface area contributed by atoms with Gasteiger partial charge in [0.05, 0.1) is 18.6 Å². The number of methoxy groups -OCH3 is 1. The summed E-state index contributed by atoms with van der Waals surface area (Å²) in [5.74, 6) is -0.316. The third kappa shape index (κ3) is 2.42. The predicted molar refractivity (Wildman–Crippen MR) is 63.8 cm³/mol. The lowest BCUT2D eigenvalue weighted by Crippen LogP contribution is -2.13. The molecule has 1 atom stereocenters. The molecule has 1 aromatic heterocycles. The Balaban J connectivity index is 2.27. The van der Waals surface area contributed by atoms with Gasteiger partial charge in [-0.15, -0.1) is 0 Å². The first-order valence-electron chi connectivity index (χ1n) is 5.34. The molecule has 0 aliphatic carbocycles. The number of hydrogen-bond acceptors (Lipinski definition) is 7. The maximum Gasteiger partial charge on any atom is 0.343 e. The normalized spacial score (nSPS) is 21.7. The van der Waals surface area contributed by atoms with Crippen LogP contribution < -0.4 is 5.73 Å². The van der Waals surface area contributed by atoms with Crippen LogP contribution in [0.4, 0.5) is 5.82 Å². The van der Waals surface area contributed by atoms with E-state index < -0.39 is 15.8 Å². The number of esters is 1. The summed E-state index contributed by atoms with van der Waals surface area (Å²) in [4.78, 5) is 19.3. The molecule has 2 rings (SSSR count). The highest BCUT2D eigenvalue weighted by Crippen LogP contribution is 2.27. The first-order chi connectivity index (χ1) is 8.43. The second kappa shape index (κ2) is 4.52. The summed E-state index contributed by atoms with van der Waals surface area (Å²) in [6, 6.07) is 0. The molecule has 0 saturated carbocycles. The minimum atomic E-state index is -3.00. The summed E-state index contributed by atoms with van der Waals surface area (Å²) >= 11 is 0. The number of rotatable bonds is 2. The van der Waals surface area contributed by atoms with E-state index in [1.165, 1.54) is 13.3 Å². The van der Waals surface area contributed by atoms with E-state index in [1.807, 2.05) is 0 Å². The summed E-state index contributed by atoms with van der Waals surface area (Å²) in [6.45, 7) is 0. The molecular weight excluding hydrogens is 258 g/mol. The van der Waals surface area contributed by atoms with Crippen molar-refractivity contribution in [3.05, 3.63) is 17.6 Å². The largest absolute Gasteiger partial charge is 0.465 e. The Bertz CT molecular complexity index is 585. The Morgan fingerprint density at radius 3 is 2.78 bits per heavy atom. The molecule has 1 saturated heterocycles. The van der Waals surface area contributed by atoms with Gasteiger partial charge in [0, 0.05) is 12.1 Å². The van der Waals surface area contributed by atoms with Gasteiger partial charge in [0.15, 0.2) is 9.84 Å². The average molecular weight is 271 g/mol. The third-order valence-corrected chi connectivity index (χ3v) is 4.61. The summed E-state index contributed by atoms with van der Waals surface area (Å²) in [7, 11) is -1.76. The summed E-state index contributed by atoms with van der Waals surface area (Å²) < 4.78 is 27.2. The van der Waals surface area contributed by atoms with Gasteiger partial charge in [-0.05, 0) is 6.42 Å². The zero-order chi connectivity index (χ0) is 13.3. The fraction of sp³-hybridized carbons (Fsp3) is 0.500. The molecule has 0 spiro atoms.